The number of aromatic nitrogens is 1. The number of carbonyl (C=O) groups is 1. The second-order valence-corrected chi connectivity index (χ2v) is 5.32. The third-order valence-electron chi connectivity index (χ3n) is 2.78. The van der Waals surface area contributed by atoms with E-state index in [2.05, 4.69) is 22.1 Å². The summed E-state index contributed by atoms with van der Waals surface area (Å²) in [5, 5.41) is 13.2. The molecule has 2 aromatic heterocycles. The number of aliphatic hydroxyl groups is 1. The zero-order chi connectivity index (χ0) is 15.2. The zero-order valence-corrected chi connectivity index (χ0v) is 12.7. The van der Waals surface area contributed by atoms with Crippen LogP contribution in [0.3, 0.4) is 0 Å². The van der Waals surface area contributed by atoms with Crippen molar-refractivity contribution in [2.75, 3.05) is 6.61 Å². The maximum absolute atomic E-state index is 12.0. The molecule has 0 aromatic carbocycles. The third-order valence-corrected chi connectivity index (χ3v) is 3.63. The molecule has 0 aliphatic rings. The lowest BCUT2D eigenvalue weighted by molar-refractivity contribution is 0.0947. The van der Waals surface area contributed by atoms with Crippen LogP contribution in [0.4, 0.5) is 0 Å². The standard InChI is InChI=1S/C15H16N2O3S/c1-10-11(2)20-14(17-10)8-16-15(19)12-7-13(21-9-12)5-3-4-6-18/h7,9,18H,4,6,8H2,1-2H3,(H,16,19). The molecule has 0 saturated carbocycles. The van der Waals surface area contributed by atoms with Gasteiger partial charge in [-0.25, -0.2) is 4.98 Å². The van der Waals surface area contributed by atoms with Crippen molar-refractivity contribution >= 4 is 17.2 Å². The molecule has 110 valence electrons. The normalized spacial score (nSPS) is 10.0. The highest BCUT2D eigenvalue weighted by Gasteiger charge is 2.10. The number of carbonyl (C=O) groups excluding carboxylic acids is 1. The summed E-state index contributed by atoms with van der Waals surface area (Å²) in [6, 6.07) is 1.73. The SMILES string of the molecule is Cc1nc(CNC(=O)c2csc(C#CCCO)c2)oc1C. The highest BCUT2D eigenvalue weighted by Crippen LogP contribution is 2.14. The van der Waals surface area contributed by atoms with E-state index in [0.717, 1.165) is 16.3 Å². The maximum Gasteiger partial charge on any atom is 0.252 e. The summed E-state index contributed by atoms with van der Waals surface area (Å²) in [5.74, 6) is 6.80. The molecular formula is C15H16N2O3S. The largest absolute Gasteiger partial charge is 0.444 e. The monoisotopic (exact) mass is 304 g/mol. The van der Waals surface area contributed by atoms with E-state index in [4.69, 9.17) is 9.52 Å². The lowest BCUT2D eigenvalue weighted by Gasteiger charge is -1.99. The van der Waals surface area contributed by atoms with Crippen LogP contribution >= 0.6 is 11.3 Å². The first kappa shape index (κ1) is 15.3. The number of amides is 1. The summed E-state index contributed by atoms with van der Waals surface area (Å²) >= 11 is 1.40. The Morgan fingerprint density at radius 1 is 1.52 bits per heavy atom. The van der Waals surface area contributed by atoms with Crippen molar-refractivity contribution < 1.29 is 14.3 Å². The van der Waals surface area contributed by atoms with Crippen molar-refractivity contribution in [1.82, 2.24) is 10.3 Å². The molecule has 2 N–H and O–H groups in total. The number of hydrogen-bond donors (Lipinski definition) is 2. The maximum atomic E-state index is 12.0. The first-order valence-electron chi connectivity index (χ1n) is 6.49. The molecule has 0 aliphatic heterocycles. The van der Waals surface area contributed by atoms with Crippen molar-refractivity contribution in [2.45, 2.75) is 26.8 Å². The van der Waals surface area contributed by atoms with Crippen LogP contribution in [-0.4, -0.2) is 22.6 Å². The van der Waals surface area contributed by atoms with E-state index < -0.39 is 0 Å². The predicted octanol–water partition coefficient (Wildman–Crippen LogP) is 2.02. The summed E-state index contributed by atoms with van der Waals surface area (Å²) < 4.78 is 5.40. The fourth-order valence-corrected chi connectivity index (χ4v) is 2.35. The van der Waals surface area contributed by atoms with Crippen molar-refractivity contribution in [3.8, 4) is 11.8 Å². The Balaban J connectivity index is 1.93. The number of nitrogens with one attached hydrogen (secondary N) is 1. The Morgan fingerprint density at radius 2 is 2.33 bits per heavy atom. The predicted molar refractivity (Wildman–Crippen MR) is 80.0 cm³/mol. The number of rotatable bonds is 4. The van der Waals surface area contributed by atoms with Gasteiger partial charge in [0.05, 0.1) is 29.3 Å². The van der Waals surface area contributed by atoms with Crippen LogP contribution in [0, 0.1) is 25.7 Å². The van der Waals surface area contributed by atoms with Crippen LogP contribution in [-0.2, 0) is 6.54 Å². The highest BCUT2D eigenvalue weighted by molar-refractivity contribution is 7.10. The molecule has 6 heteroatoms. The van der Waals surface area contributed by atoms with E-state index in [0.29, 0.717) is 17.9 Å². The van der Waals surface area contributed by atoms with Gasteiger partial charge < -0.3 is 14.8 Å². The van der Waals surface area contributed by atoms with Gasteiger partial charge in [0.25, 0.3) is 5.91 Å². The van der Waals surface area contributed by atoms with E-state index >= 15 is 0 Å². The summed E-state index contributed by atoms with van der Waals surface area (Å²) in [4.78, 5) is 17.0. The number of nitrogens with zero attached hydrogens (tertiary/aromatic N) is 1. The Morgan fingerprint density at radius 3 is 3.00 bits per heavy atom. The van der Waals surface area contributed by atoms with E-state index in [1.54, 1.807) is 11.4 Å². The molecule has 1 amide bonds. The van der Waals surface area contributed by atoms with Crippen molar-refractivity contribution in [3.05, 3.63) is 39.2 Å². The average Bonchev–Trinajstić information content (AvgIpc) is 3.04. The molecule has 0 atom stereocenters. The van der Waals surface area contributed by atoms with Crippen LogP contribution in [0.2, 0.25) is 0 Å². The van der Waals surface area contributed by atoms with Crippen LogP contribution in [0.15, 0.2) is 15.9 Å². The molecule has 2 heterocycles. The molecule has 0 unspecified atom stereocenters. The van der Waals surface area contributed by atoms with Crippen LogP contribution in [0.25, 0.3) is 0 Å². The second kappa shape index (κ2) is 7.07. The third kappa shape index (κ3) is 4.18. The Kier molecular flexibility index (Phi) is 5.14. The lowest BCUT2D eigenvalue weighted by Crippen LogP contribution is -2.22. The lowest BCUT2D eigenvalue weighted by atomic mass is 10.3. The number of thiophene rings is 1. The van der Waals surface area contributed by atoms with E-state index in [9.17, 15) is 4.79 Å². The Labute approximate surface area is 127 Å². The number of aliphatic hydroxyl groups excluding tert-OH is 1. The fraction of sp³-hybridized carbons (Fsp3) is 0.333. The van der Waals surface area contributed by atoms with Gasteiger partial charge in [0, 0.05) is 11.8 Å². The second-order valence-electron chi connectivity index (χ2n) is 4.41. The smallest absolute Gasteiger partial charge is 0.252 e. The summed E-state index contributed by atoms with van der Waals surface area (Å²) in [6.07, 6.45) is 0.433. The molecule has 0 fully saturated rings. The summed E-state index contributed by atoms with van der Waals surface area (Å²) in [5.41, 5.74) is 1.39. The first-order valence-corrected chi connectivity index (χ1v) is 7.37. The van der Waals surface area contributed by atoms with Crippen molar-refractivity contribution in [3.63, 3.8) is 0 Å². The van der Waals surface area contributed by atoms with Crippen LogP contribution in [0.1, 0.15) is 39.0 Å². The van der Waals surface area contributed by atoms with E-state index in [-0.39, 0.29) is 19.1 Å². The molecule has 0 saturated heterocycles. The minimum absolute atomic E-state index is 0.0424. The fourth-order valence-electron chi connectivity index (χ4n) is 1.60. The molecule has 5 nitrogen and oxygen atoms in total. The quantitative estimate of drug-likeness (QED) is 0.847. The zero-order valence-electron chi connectivity index (χ0n) is 11.9. The molecule has 2 aromatic rings. The van der Waals surface area contributed by atoms with Gasteiger partial charge in [-0.3, -0.25) is 4.79 Å². The molecule has 0 bridgehead atoms. The summed E-state index contributed by atoms with van der Waals surface area (Å²) in [7, 11) is 0. The number of aryl methyl sites for hydroxylation is 2. The topological polar surface area (TPSA) is 75.4 Å². The molecule has 0 radical (unpaired) electrons. The molecule has 2 rings (SSSR count). The van der Waals surface area contributed by atoms with Crippen molar-refractivity contribution in [1.29, 1.82) is 0 Å². The van der Waals surface area contributed by atoms with Gasteiger partial charge in [-0.1, -0.05) is 11.8 Å². The Bertz CT molecular complexity index is 672. The first-order chi connectivity index (χ1) is 10.1. The summed E-state index contributed by atoms with van der Waals surface area (Å²) in [6.45, 7) is 4.00. The average molecular weight is 304 g/mol. The van der Waals surface area contributed by atoms with Gasteiger partial charge in [-0.05, 0) is 19.9 Å². The van der Waals surface area contributed by atoms with Gasteiger partial charge in [-0.15, -0.1) is 11.3 Å². The minimum atomic E-state index is -0.185. The van der Waals surface area contributed by atoms with E-state index in [1.807, 2.05) is 13.8 Å². The molecule has 0 spiro atoms. The molecular weight excluding hydrogens is 288 g/mol. The van der Waals surface area contributed by atoms with Gasteiger partial charge >= 0.3 is 0 Å². The highest BCUT2D eigenvalue weighted by atomic mass is 32.1. The number of oxazole rings is 1. The van der Waals surface area contributed by atoms with Gasteiger partial charge in [-0.2, -0.15) is 0 Å². The van der Waals surface area contributed by atoms with Gasteiger partial charge in [0.15, 0.2) is 0 Å². The van der Waals surface area contributed by atoms with Gasteiger partial charge in [0.1, 0.15) is 5.76 Å². The van der Waals surface area contributed by atoms with Gasteiger partial charge in [0.2, 0.25) is 5.89 Å². The molecule has 21 heavy (non-hydrogen) atoms. The van der Waals surface area contributed by atoms with Crippen LogP contribution < -0.4 is 5.32 Å². The van der Waals surface area contributed by atoms with Crippen LogP contribution in [0.5, 0.6) is 0 Å². The van der Waals surface area contributed by atoms with Crippen molar-refractivity contribution in [2.24, 2.45) is 0 Å². The van der Waals surface area contributed by atoms with E-state index in [1.165, 1.54) is 11.3 Å². The number of hydrogen-bond acceptors (Lipinski definition) is 5. The molecule has 0 aliphatic carbocycles. The Hall–Kier alpha value is -2.10. The minimum Gasteiger partial charge on any atom is -0.444 e.